The summed E-state index contributed by atoms with van der Waals surface area (Å²) in [5.41, 5.74) is 7.23. The second kappa shape index (κ2) is 10.6. The molecule has 2 saturated heterocycles. The van der Waals surface area contributed by atoms with Crippen molar-refractivity contribution in [2.45, 2.75) is 50.4 Å². The molecule has 1 amide bonds. The van der Waals surface area contributed by atoms with Crippen molar-refractivity contribution in [3.63, 3.8) is 0 Å². The lowest BCUT2D eigenvalue weighted by Gasteiger charge is -2.41. The molecule has 0 saturated carbocycles. The van der Waals surface area contributed by atoms with Gasteiger partial charge < -0.3 is 20.7 Å². The number of nitrogens with one attached hydrogen (secondary N) is 1. The molecule has 2 aliphatic rings. The van der Waals surface area contributed by atoms with Gasteiger partial charge in [0.1, 0.15) is 6.07 Å². The molecule has 0 bridgehead atoms. The van der Waals surface area contributed by atoms with Crippen LogP contribution in [-0.2, 0) is 9.53 Å². The number of nitrogens with zero attached hydrogens (tertiary/aromatic N) is 3. The molecule has 0 spiro atoms. The number of carbonyl (C=O) groups excluding carboxylic acids is 1. The number of nitrogens with two attached hydrogens (primary N) is 1. The Bertz CT molecular complexity index is 980. The fourth-order valence-corrected chi connectivity index (χ4v) is 4.66. The Morgan fingerprint density at radius 2 is 2.12 bits per heavy atom. The number of nitriles is 1. The standard InChI is InChI=1S/C24H30F3N5O2/c1-3-4-19-20(6-5-16(13-28)22(19)30-2)32-14-17(24(25,26)27)11-18(15-32)31-21(33)12-23(29)7-9-34-10-8-23/h3-6,17-18H,2,7-12,14-15,29H2,1H3,(H,31,33)/b4-3-. The molecule has 7 nitrogen and oxygen atoms in total. The number of alkyl halides is 3. The van der Waals surface area contributed by atoms with E-state index in [-0.39, 0.29) is 37.4 Å². The van der Waals surface area contributed by atoms with Crippen LogP contribution in [0.3, 0.4) is 0 Å². The zero-order valence-electron chi connectivity index (χ0n) is 19.2. The Balaban J connectivity index is 1.88. The molecule has 2 aliphatic heterocycles. The molecule has 184 valence electrons. The molecule has 10 heteroatoms. The molecular formula is C24H30F3N5O2. The van der Waals surface area contributed by atoms with Gasteiger partial charge in [-0.3, -0.25) is 9.79 Å². The summed E-state index contributed by atoms with van der Waals surface area (Å²) in [6.07, 6.45) is -0.120. The maximum Gasteiger partial charge on any atom is 0.393 e. The summed E-state index contributed by atoms with van der Waals surface area (Å²) >= 11 is 0. The molecule has 1 aromatic carbocycles. The molecular weight excluding hydrogens is 447 g/mol. The van der Waals surface area contributed by atoms with Gasteiger partial charge in [-0.1, -0.05) is 12.2 Å². The van der Waals surface area contributed by atoms with Crippen LogP contribution in [-0.4, -0.2) is 56.7 Å². The summed E-state index contributed by atoms with van der Waals surface area (Å²) in [4.78, 5) is 18.3. The summed E-state index contributed by atoms with van der Waals surface area (Å²) in [6, 6.07) is 4.48. The smallest absolute Gasteiger partial charge is 0.381 e. The summed E-state index contributed by atoms with van der Waals surface area (Å²) in [7, 11) is 0. The van der Waals surface area contributed by atoms with Gasteiger partial charge in [0, 0.05) is 55.6 Å². The minimum absolute atomic E-state index is 0.0365. The van der Waals surface area contributed by atoms with Crippen LogP contribution < -0.4 is 16.0 Å². The molecule has 1 aromatic rings. The van der Waals surface area contributed by atoms with Crippen molar-refractivity contribution in [1.82, 2.24) is 5.32 Å². The third-order valence-electron chi connectivity index (χ3n) is 6.43. The molecule has 34 heavy (non-hydrogen) atoms. The van der Waals surface area contributed by atoms with Crippen molar-refractivity contribution in [3.05, 3.63) is 29.3 Å². The molecule has 3 rings (SSSR count). The molecule has 2 heterocycles. The van der Waals surface area contributed by atoms with Crippen molar-refractivity contribution in [2.24, 2.45) is 16.6 Å². The van der Waals surface area contributed by atoms with Crippen molar-refractivity contribution < 1.29 is 22.7 Å². The third kappa shape index (κ3) is 5.96. The molecule has 2 fully saturated rings. The van der Waals surface area contributed by atoms with Crippen LogP contribution in [0.1, 0.15) is 43.7 Å². The van der Waals surface area contributed by atoms with Gasteiger partial charge in [0.2, 0.25) is 5.91 Å². The van der Waals surface area contributed by atoms with E-state index in [1.54, 1.807) is 30.0 Å². The number of piperidine rings is 1. The Hall–Kier alpha value is -2.90. The summed E-state index contributed by atoms with van der Waals surface area (Å²) in [5, 5.41) is 12.2. The number of rotatable bonds is 6. The Morgan fingerprint density at radius 3 is 2.71 bits per heavy atom. The maximum absolute atomic E-state index is 13.8. The number of benzene rings is 1. The van der Waals surface area contributed by atoms with Gasteiger partial charge in [-0.05, 0) is 45.0 Å². The highest BCUT2D eigenvalue weighted by molar-refractivity contribution is 5.82. The van der Waals surface area contributed by atoms with E-state index in [2.05, 4.69) is 17.0 Å². The van der Waals surface area contributed by atoms with E-state index in [0.717, 1.165) is 0 Å². The van der Waals surface area contributed by atoms with Crippen LogP contribution in [0.25, 0.3) is 6.08 Å². The lowest BCUT2D eigenvalue weighted by molar-refractivity contribution is -0.178. The molecule has 0 radical (unpaired) electrons. The van der Waals surface area contributed by atoms with Crippen LogP contribution in [0.5, 0.6) is 0 Å². The number of aliphatic imine (C=N–C) groups is 1. The number of carbonyl (C=O) groups is 1. The minimum Gasteiger partial charge on any atom is -0.381 e. The maximum atomic E-state index is 13.8. The zero-order valence-corrected chi connectivity index (χ0v) is 19.2. The molecule has 0 aromatic heterocycles. The number of halogens is 3. The first-order valence-electron chi connectivity index (χ1n) is 11.2. The van der Waals surface area contributed by atoms with Crippen molar-refractivity contribution in [2.75, 3.05) is 31.2 Å². The highest BCUT2D eigenvalue weighted by atomic mass is 19.4. The molecule has 2 atom stereocenters. The second-order valence-corrected chi connectivity index (χ2v) is 8.96. The summed E-state index contributed by atoms with van der Waals surface area (Å²) < 4.78 is 46.8. The average Bonchev–Trinajstić information content (AvgIpc) is 2.78. The lowest BCUT2D eigenvalue weighted by Crippen LogP contribution is -2.56. The molecule has 3 N–H and O–H groups in total. The van der Waals surface area contributed by atoms with Crippen LogP contribution in [0.4, 0.5) is 24.5 Å². The van der Waals surface area contributed by atoms with E-state index in [1.165, 1.54) is 6.07 Å². The van der Waals surface area contributed by atoms with Crippen molar-refractivity contribution in [3.8, 4) is 6.07 Å². The van der Waals surface area contributed by atoms with Crippen molar-refractivity contribution in [1.29, 1.82) is 5.26 Å². The van der Waals surface area contributed by atoms with Gasteiger partial charge in [-0.25, -0.2) is 0 Å². The normalized spacial score (nSPS) is 22.9. The SMILES string of the molecule is C=Nc1c(C#N)ccc(N2CC(NC(=O)CC3(N)CCOCC3)CC(C(F)(F)F)C2)c1/C=C\C. The van der Waals surface area contributed by atoms with Crippen LogP contribution >= 0.6 is 0 Å². The number of anilines is 1. The number of amides is 1. The largest absolute Gasteiger partial charge is 0.393 e. The van der Waals surface area contributed by atoms with E-state index in [4.69, 9.17) is 10.5 Å². The number of hydrogen-bond acceptors (Lipinski definition) is 6. The minimum atomic E-state index is -4.43. The van der Waals surface area contributed by atoms with Gasteiger partial charge in [-0.2, -0.15) is 18.4 Å². The number of hydrogen-bond donors (Lipinski definition) is 2. The highest BCUT2D eigenvalue weighted by Crippen LogP contribution is 2.39. The first kappa shape index (κ1) is 25.7. The quantitative estimate of drug-likeness (QED) is 0.608. The van der Waals surface area contributed by atoms with E-state index < -0.39 is 23.7 Å². The third-order valence-corrected chi connectivity index (χ3v) is 6.43. The molecule has 2 unspecified atom stereocenters. The summed E-state index contributed by atoms with van der Waals surface area (Å²) in [5.74, 6) is -1.99. The van der Waals surface area contributed by atoms with Gasteiger partial charge in [0.25, 0.3) is 0 Å². The Morgan fingerprint density at radius 1 is 1.41 bits per heavy atom. The predicted octanol–water partition coefficient (Wildman–Crippen LogP) is 3.69. The van der Waals surface area contributed by atoms with Gasteiger partial charge in [-0.15, -0.1) is 0 Å². The van der Waals surface area contributed by atoms with Crippen molar-refractivity contribution >= 4 is 30.1 Å². The fourth-order valence-electron chi connectivity index (χ4n) is 4.66. The second-order valence-electron chi connectivity index (χ2n) is 8.96. The summed E-state index contributed by atoms with van der Waals surface area (Å²) in [6.45, 7) is 6.14. The van der Waals surface area contributed by atoms with E-state index in [9.17, 15) is 23.2 Å². The van der Waals surface area contributed by atoms with E-state index in [1.807, 2.05) is 6.07 Å². The fraction of sp³-hybridized carbons (Fsp3) is 0.542. The Labute approximate surface area is 197 Å². The number of ether oxygens (including phenoxy) is 1. The van der Waals surface area contributed by atoms with E-state index >= 15 is 0 Å². The van der Waals surface area contributed by atoms with E-state index in [0.29, 0.717) is 43.0 Å². The topological polar surface area (TPSA) is 104 Å². The average molecular weight is 478 g/mol. The van der Waals surface area contributed by atoms with Gasteiger partial charge in [0.15, 0.2) is 0 Å². The highest BCUT2D eigenvalue weighted by Gasteiger charge is 2.45. The Kier molecular flexibility index (Phi) is 8.00. The van der Waals surface area contributed by atoms with Gasteiger partial charge in [0.05, 0.1) is 17.2 Å². The monoisotopic (exact) mass is 477 g/mol. The van der Waals surface area contributed by atoms with Crippen LogP contribution in [0.2, 0.25) is 0 Å². The van der Waals surface area contributed by atoms with Gasteiger partial charge >= 0.3 is 6.18 Å². The van der Waals surface area contributed by atoms with Crippen LogP contribution in [0.15, 0.2) is 23.2 Å². The predicted molar refractivity (Wildman–Crippen MR) is 125 cm³/mol. The molecule has 0 aliphatic carbocycles. The number of allylic oxidation sites excluding steroid dienone is 1. The lowest BCUT2D eigenvalue weighted by atomic mass is 9.87. The first-order chi connectivity index (χ1) is 16.1. The zero-order chi connectivity index (χ0) is 24.9. The van der Waals surface area contributed by atoms with Crippen LogP contribution in [0, 0.1) is 17.2 Å². The first-order valence-corrected chi connectivity index (χ1v) is 11.2.